The number of nitrogens with zero attached hydrogens (tertiary/aromatic N) is 2. The van der Waals surface area contributed by atoms with Gasteiger partial charge in [-0.05, 0) is 33.6 Å². The zero-order valence-electron chi connectivity index (χ0n) is 10.7. The molecule has 0 radical (unpaired) electrons. The van der Waals surface area contributed by atoms with Gasteiger partial charge in [0.1, 0.15) is 0 Å². The first kappa shape index (κ1) is 17.5. The van der Waals surface area contributed by atoms with E-state index in [1.165, 1.54) is 0 Å². The van der Waals surface area contributed by atoms with Crippen LogP contribution in [0.15, 0.2) is 34.9 Å². The zero-order chi connectivity index (χ0) is 13.8. The van der Waals surface area contributed by atoms with Gasteiger partial charge in [0.25, 0.3) is 0 Å². The van der Waals surface area contributed by atoms with E-state index in [0.29, 0.717) is 18.0 Å². The number of nitrogens with two attached hydrogens (primary N) is 1. The Morgan fingerprint density at radius 3 is 2.60 bits per heavy atom. The van der Waals surface area contributed by atoms with Gasteiger partial charge in [-0.15, -0.1) is 12.4 Å². The third-order valence-electron chi connectivity index (χ3n) is 2.83. The summed E-state index contributed by atoms with van der Waals surface area (Å²) in [5.74, 6) is 0. The molecule has 0 aliphatic rings. The number of halogens is 3. The number of aromatic nitrogens is 2. The highest BCUT2D eigenvalue weighted by Crippen LogP contribution is 2.19. The van der Waals surface area contributed by atoms with Crippen molar-refractivity contribution in [3.8, 4) is 0 Å². The molecule has 3 N–H and O–H groups in total. The van der Waals surface area contributed by atoms with E-state index < -0.39 is 0 Å². The molecule has 1 aromatic carbocycles. The summed E-state index contributed by atoms with van der Waals surface area (Å²) in [7, 11) is 0. The molecule has 1 atom stereocenters. The molecule has 0 aliphatic carbocycles. The Labute approximate surface area is 137 Å². The second-order valence-corrected chi connectivity index (χ2v) is 5.66. The highest BCUT2D eigenvalue weighted by Gasteiger charge is 2.12. The van der Waals surface area contributed by atoms with E-state index in [0.717, 1.165) is 15.7 Å². The number of aliphatic hydroxyl groups excluding tert-OH is 1. The van der Waals surface area contributed by atoms with Gasteiger partial charge >= 0.3 is 0 Å². The van der Waals surface area contributed by atoms with Crippen LogP contribution in [0.1, 0.15) is 11.3 Å². The zero-order valence-corrected chi connectivity index (χ0v) is 13.8. The van der Waals surface area contributed by atoms with Gasteiger partial charge in [0, 0.05) is 17.5 Å². The average Bonchev–Trinajstić information content (AvgIpc) is 2.74. The SMILES string of the molecule is Cl.NC(CO)Cc1c(Br)cnn1Cc1ccc(Cl)cc1. The third-order valence-corrected chi connectivity index (χ3v) is 3.75. The molecule has 0 aliphatic heterocycles. The van der Waals surface area contributed by atoms with E-state index in [1.807, 2.05) is 28.9 Å². The topological polar surface area (TPSA) is 64.1 Å². The van der Waals surface area contributed by atoms with Crippen LogP contribution in [0.3, 0.4) is 0 Å². The smallest absolute Gasteiger partial charge is 0.0663 e. The summed E-state index contributed by atoms with van der Waals surface area (Å²) < 4.78 is 2.79. The lowest BCUT2D eigenvalue weighted by Crippen LogP contribution is -2.28. The summed E-state index contributed by atoms with van der Waals surface area (Å²) in [6.45, 7) is 0.606. The first-order valence-corrected chi connectivity index (χ1v) is 7.08. The van der Waals surface area contributed by atoms with Gasteiger partial charge in [0.05, 0.1) is 29.5 Å². The van der Waals surface area contributed by atoms with Gasteiger partial charge in [-0.1, -0.05) is 23.7 Å². The molecule has 0 fully saturated rings. The maximum absolute atomic E-state index is 9.05. The van der Waals surface area contributed by atoms with Gasteiger partial charge in [0.15, 0.2) is 0 Å². The third kappa shape index (κ3) is 4.46. The summed E-state index contributed by atoms with van der Waals surface area (Å²) in [4.78, 5) is 0. The van der Waals surface area contributed by atoms with Crippen molar-refractivity contribution in [3.63, 3.8) is 0 Å². The van der Waals surface area contributed by atoms with Crippen LogP contribution in [-0.2, 0) is 13.0 Å². The minimum absolute atomic E-state index is 0. The van der Waals surface area contributed by atoms with Gasteiger partial charge in [-0.2, -0.15) is 5.10 Å². The Hall–Kier alpha value is -0.590. The molecule has 4 nitrogen and oxygen atoms in total. The van der Waals surface area contributed by atoms with Gasteiger partial charge < -0.3 is 10.8 Å². The summed E-state index contributed by atoms with van der Waals surface area (Å²) in [6, 6.07) is 7.36. The Kier molecular flexibility index (Phi) is 6.99. The quantitative estimate of drug-likeness (QED) is 0.837. The Morgan fingerprint density at radius 2 is 2.00 bits per heavy atom. The van der Waals surface area contributed by atoms with Crippen molar-refractivity contribution >= 4 is 39.9 Å². The van der Waals surface area contributed by atoms with Crippen LogP contribution in [-0.4, -0.2) is 27.5 Å². The maximum atomic E-state index is 9.05. The first-order chi connectivity index (χ1) is 9.10. The molecule has 20 heavy (non-hydrogen) atoms. The normalized spacial score (nSPS) is 12.0. The van der Waals surface area contributed by atoms with E-state index in [9.17, 15) is 0 Å². The summed E-state index contributed by atoms with van der Waals surface area (Å²) in [6.07, 6.45) is 2.32. The fourth-order valence-electron chi connectivity index (χ4n) is 1.80. The molecule has 0 saturated heterocycles. The average molecular weight is 381 g/mol. The maximum Gasteiger partial charge on any atom is 0.0663 e. The highest BCUT2D eigenvalue weighted by atomic mass is 79.9. The van der Waals surface area contributed by atoms with Crippen molar-refractivity contribution in [2.24, 2.45) is 5.73 Å². The molecule has 2 aromatic rings. The lowest BCUT2D eigenvalue weighted by molar-refractivity contribution is 0.263. The van der Waals surface area contributed by atoms with E-state index in [2.05, 4.69) is 21.0 Å². The van der Waals surface area contributed by atoms with Crippen molar-refractivity contribution in [2.75, 3.05) is 6.61 Å². The molecule has 0 amide bonds. The Balaban J connectivity index is 0.00000200. The summed E-state index contributed by atoms with van der Waals surface area (Å²) >= 11 is 9.32. The van der Waals surface area contributed by atoms with Gasteiger partial charge in [-0.25, -0.2) is 0 Å². The van der Waals surface area contributed by atoms with Crippen LogP contribution in [0.5, 0.6) is 0 Å². The van der Waals surface area contributed by atoms with E-state index in [-0.39, 0.29) is 25.1 Å². The molecule has 1 unspecified atom stereocenters. The highest BCUT2D eigenvalue weighted by molar-refractivity contribution is 9.10. The second kappa shape index (κ2) is 8.00. The van der Waals surface area contributed by atoms with E-state index >= 15 is 0 Å². The van der Waals surface area contributed by atoms with Crippen LogP contribution in [0.25, 0.3) is 0 Å². The molecule has 7 heteroatoms. The van der Waals surface area contributed by atoms with Gasteiger partial charge in [0.2, 0.25) is 0 Å². The lowest BCUT2D eigenvalue weighted by Gasteiger charge is -2.12. The van der Waals surface area contributed by atoms with Crippen molar-refractivity contribution in [1.29, 1.82) is 0 Å². The first-order valence-electron chi connectivity index (χ1n) is 5.91. The minimum atomic E-state index is -0.281. The predicted molar refractivity (Wildman–Crippen MR) is 86.5 cm³/mol. The summed E-state index contributed by atoms with van der Waals surface area (Å²) in [5, 5.41) is 14.1. The fraction of sp³-hybridized carbons (Fsp3) is 0.308. The molecule has 0 spiro atoms. The van der Waals surface area contributed by atoms with Crippen LogP contribution < -0.4 is 5.73 Å². The number of rotatable bonds is 5. The van der Waals surface area contributed by atoms with Crippen LogP contribution >= 0.6 is 39.9 Å². The van der Waals surface area contributed by atoms with Crippen molar-refractivity contribution in [1.82, 2.24) is 9.78 Å². The molecule has 1 aromatic heterocycles. The standard InChI is InChI=1S/C13H15BrClN3O.ClH/c14-12-6-17-18(13(12)5-11(16)8-19)7-9-1-3-10(15)4-2-9;/h1-4,6,11,19H,5,7-8,16H2;1H. The van der Waals surface area contributed by atoms with Crippen molar-refractivity contribution < 1.29 is 5.11 Å². The molecular formula is C13H16BrCl2N3O. The number of aliphatic hydroxyl groups is 1. The van der Waals surface area contributed by atoms with Crippen LogP contribution in [0, 0.1) is 0 Å². The fourth-order valence-corrected chi connectivity index (χ4v) is 2.39. The van der Waals surface area contributed by atoms with Crippen LogP contribution in [0.2, 0.25) is 5.02 Å². The van der Waals surface area contributed by atoms with Crippen molar-refractivity contribution in [3.05, 3.63) is 51.2 Å². The predicted octanol–water partition coefficient (Wildman–Crippen LogP) is 2.63. The number of hydrogen-bond donors (Lipinski definition) is 2. The molecule has 2 rings (SSSR count). The molecular weight excluding hydrogens is 365 g/mol. The largest absolute Gasteiger partial charge is 0.395 e. The van der Waals surface area contributed by atoms with Crippen molar-refractivity contribution in [2.45, 2.75) is 19.0 Å². The lowest BCUT2D eigenvalue weighted by atomic mass is 10.1. The minimum Gasteiger partial charge on any atom is -0.395 e. The summed E-state index contributed by atoms with van der Waals surface area (Å²) in [5.41, 5.74) is 7.88. The monoisotopic (exact) mass is 379 g/mol. The molecule has 110 valence electrons. The van der Waals surface area contributed by atoms with Crippen LogP contribution in [0.4, 0.5) is 0 Å². The van der Waals surface area contributed by atoms with Gasteiger partial charge in [-0.3, -0.25) is 4.68 Å². The Bertz CT molecular complexity index is 545. The molecule has 0 saturated carbocycles. The molecule has 0 bridgehead atoms. The second-order valence-electron chi connectivity index (χ2n) is 4.37. The van der Waals surface area contributed by atoms with E-state index in [1.54, 1.807) is 6.20 Å². The number of benzene rings is 1. The van der Waals surface area contributed by atoms with E-state index in [4.69, 9.17) is 22.4 Å². The molecule has 1 heterocycles. The number of hydrogen-bond acceptors (Lipinski definition) is 3. The Morgan fingerprint density at radius 1 is 1.35 bits per heavy atom.